The van der Waals surface area contributed by atoms with Crippen LogP contribution in [0.2, 0.25) is 0 Å². The lowest BCUT2D eigenvalue weighted by Gasteiger charge is -2.14. The van der Waals surface area contributed by atoms with Gasteiger partial charge in [0.1, 0.15) is 0 Å². The number of unbranched alkanes of at least 4 members (excludes halogenated alkanes) is 1. The van der Waals surface area contributed by atoms with Gasteiger partial charge in [-0.05, 0) is 63.2 Å². The van der Waals surface area contributed by atoms with E-state index in [1.165, 1.54) is 10.3 Å². The number of ether oxygens (including phenoxy) is 1. The number of aromatic nitrogens is 1. The summed E-state index contributed by atoms with van der Waals surface area (Å²) < 4.78 is 6.80. The molecule has 20 heavy (non-hydrogen) atoms. The molecule has 2 aromatic heterocycles. The maximum atomic E-state index is 5.54. The van der Waals surface area contributed by atoms with Gasteiger partial charge in [-0.25, -0.2) is 0 Å². The molecule has 4 heteroatoms. The highest BCUT2D eigenvalue weighted by molar-refractivity contribution is 7.17. The summed E-state index contributed by atoms with van der Waals surface area (Å²) in [5.74, 6) is 0. The van der Waals surface area contributed by atoms with E-state index in [9.17, 15) is 0 Å². The molecule has 3 nitrogen and oxygen atoms in total. The van der Waals surface area contributed by atoms with Crippen molar-refractivity contribution in [3.05, 3.63) is 29.3 Å². The van der Waals surface area contributed by atoms with Crippen molar-refractivity contribution >= 4 is 21.6 Å². The van der Waals surface area contributed by atoms with Crippen molar-refractivity contribution in [1.29, 1.82) is 0 Å². The maximum absolute atomic E-state index is 5.54. The number of hydrogen-bond acceptors (Lipinski definition) is 4. The fourth-order valence-electron chi connectivity index (χ4n) is 2.08. The second-order valence-electron chi connectivity index (χ2n) is 5.38. The third-order valence-electron chi connectivity index (χ3n) is 3.30. The highest BCUT2D eigenvalue weighted by Gasteiger charge is 2.06. The van der Waals surface area contributed by atoms with Crippen LogP contribution in [0.1, 0.15) is 45.2 Å². The SMILES string of the molecule is CC(C)OCCCCNC(C)c1cnc2ccsc2c1. The van der Waals surface area contributed by atoms with Gasteiger partial charge >= 0.3 is 0 Å². The van der Waals surface area contributed by atoms with E-state index < -0.39 is 0 Å². The highest BCUT2D eigenvalue weighted by atomic mass is 32.1. The standard InChI is InChI=1S/C16H24N2OS/c1-12(2)19-8-5-4-7-17-13(3)14-10-16-15(18-11-14)6-9-20-16/h6,9-13,17H,4-5,7-8H2,1-3H3. The molecule has 110 valence electrons. The molecule has 2 rings (SSSR count). The minimum absolute atomic E-state index is 0.338. The molecule has 0 radical (unpaired) electrons. The number of rotatable bonds is 8. The molecular formula is C16H24N2OS. The van der Waals surface area contributed by atoms with Crippen molar-refractivity contribution in [3.63, 3.8) is 0 Å². The Kier molecular flexibility index (Phi) is 5.95. The van der Waals surface area contributed by atoms with Crippen LogP contribution in [0.3, 0.4) is 0 Å². The van der Waals surface area contributed by atoms with Crippen LogP contribution in [0.15, 0.2) is 23.7 Å². The molecule has 1 unspecified atom stereocenters. The molecule has 0 aliphatic carbocycles. The Morgan fingerprint density at radius 2 is 2.15 bits per heavy atom. The van der Waals surface area contributed by atoms with Crippen LogP contribution in [0, 0.1) is 0 Å². The monoisotopic (exact) mass is 292 g/mol. The maximum Gasteiger partial charge on any atom is 0.0809 e. The quantitative estimate of drug-likeness (QED) is 0.742. The van der Waals surface area contributed by atoms with Crippen molar-refractivity contribution in [2.75, 3.05) is 13.2 Å². The van der Waals surface area contributed by atoms with Crippen LogP contribution in [-0.4, -0.2) is 24.2 Å². The third kappa shape index (κ3) is 4.54. The van der Waals surface area contributed by atoms with Crippen LogP contribution in [-0.2, 0) is 4.74 Å². The van der Waals surface area contributed by atoms with E-state index in [-0.39, 0.29) is 0 Å². The first-order chi connectivity index (χ1) is 9.66. The van der Waals surface area contributed by atoms with Gasteiger partial charge in [0.2, 0.25) is 0 Å². The molecule has 0 fully saturated rings. The average molecular weight is 292 g/mol. The summed E-state index contributed by atoms with van der Waals surface area (Å²) in [5, 5.41) is 5.64. The molecule has 1 atom stereocenters. The third-order valence-corrected chi connectivity index (χ3v) is 4.15. The van der Waals surface area contributed by atoms with Crippen molar-refractivity contribution in [2.24, 2.45) is 0 Å². The lowest BCUT2D eigenvalue weighted by atomic mass is 10.1. The zero-order valence-corrected chi connectivity index (χ0v) is 13.4. The molecule has 0 saturated carbocycles. The van der Waals surface area contributed by atoms with Gasteiger partial charge in [0.05, 0.1) is 16.3 Å². The Labute approximate surface area is 125 Å². The predicted molar refractivity (Wildman–Crippen MR) is 86.4 cm³/mol. The summed E-state index contributed by atoms with van der Waals surface area (Å²) in [6.45, 7) is 8.23. The lowest BCUT2D eigenvalue weighted by molar-refractivity contribution is 0.0759. The van der Waals surface area contributed by atoms with E-state index in [0.717, 1.165) is 31.5 Å². The fraction of sp³-hybridized carbons (Fsp3) is 0.562. The van der Waals surface area contributed by atoms with Gasteiger partial charge in [-0.3, -0.25) is 4.98 Å². The second kappa shape index (κ2) is 7.72. The Morgan fingerprint density at radius 1 is 1.30 bits per heavy atom. The molecule has 0 aromatic carbocycles. The van der Waals surface area contributed by atoms with E-state index in [1.807, 2.05) is 6.20 Å². The Hall–Kier alpha value is -0.970. The molecule has 0 saturated heterocycles. The largest absolute Gasteiger partial charge is 0.379 e. The summed E-state index contributed by atoms with van der Waals surface area (Å²) in [6, 6.07) is 4.66. The molecule has 2 heterocycles. The molecule has 0 amide bonds. The molecule has 0 spiro atoms. The number of nitrogens with zero attached hydrogens (tertiary/aromatic N) is 1. The second-order valence-corrected chi connectivity index (χ2v) is 6.32. The minimum Gasteiger partial charge on any atom is -0.379 e. The summed E-state index contributed by atoms with van der Waals surface area (Å²) in [5.41, 5.74) is 2.36. The van der Waals surface area contributed by atoms with Gasteiger partial charge in [0.25, 0.3) is 0 Å². The van der Waals surface area contributed by atoms with Crippen molar-refractivity contribution < 1.29 is 4.74 Å². The summed E-state index contributed by atoms with van der Waals surface area (Å²) in [6.07, 6.45) is 4.57. The van der Waals surface area contributed by atoms with E-state index in [2.05, 4.69) is 48.6 Å². The highest BCUT2D eigenvalue weighted by Crippen LogP contribution is 2.22. The lowest BCUT2D eigenvalue weighted by Crippen LogP contribution is -2.20. The number of hydrogen-bond donors (Lipinski definition) is 1. The van der Waals surface area contributed by atoms with Crippen LogP contribution in [0.4, 0.5) is 0 Å². The summed E-state index contributed by atoms with van der Waals surface area (Å²) in [7, 11) is 0. The van der Waals surface area contributed by atoms with Crippen LogP contribution in [0.5, 0.6) is 0 Å². The number of nitrogens with one attached hydrogen (secondary N) is 1. The number of fused-ring (bicyclic) bond motifs is 1. The molecule has 2 aromatic rings. The smallest absolute Gasteiger partial charge is 0.0809 e. The molecule has 0 aliphatic rings. The van der Waals surface area contributed by atoms with Gasteiger partial charge in [-0.1, -0.05) is 0 Å². The van der Waals surface area contributed by atoms with E-state index in [0.29, 0.717) is 12.1 Å². The molecule has 0 aliphatic heterocycles. The Morgan fingerprint density at radius 3 is 2.95 bits per heavy atom. The number of pyridine rings is 1. The van der Waals surface area contributed by atoms with E-state index >= 15 is 0 Å². The van der Waals surface area contributed by atoms with Gasteiger partial charge in [0, 0.05) is 18.8 Å². The van der Waals surface area contributed by atoms with Crippen LogP contribution >= 0.6 is 11.3 Å². The first kappa shape index (κ1) is 15.4. The van der Waals surface area contributed by atoms with Crippen molar-refractivity contribution in [2.45, 2.75) is 45.8 Å². The van der Waals surface area contributed by atoms with Gasteiger partial charge in [0.15, 0.2) is 0 Å². The zero-order valence-electron chi connectivity index (χ0n) is 12.6. The average Bonchev–Trinajstić information content (AvgIpc) is 2.89. The van der Waals surface area contributed by atoms with Crippen LogP contribution in [0.25, 0.3) is 10.2 Å². The molecule has 0 bridgehead atoms. The fourth-order valence-corrected chi connectivity index (χ4v) is 2.87. The normalized spacial score (nSPS) is 13.2. The zero-order chi connectivity index (χ0) is 14.4. The minimum atomic E-state index is 0.338. The van der Waals surface area contributed by atoms with Crippen LogP contribution < -0.4 is 5.32 Å². The van der Waals surface area contributed by atoms with Gasteiger partial charge in [-0.15, -0.1) is 11.3 Å². The summed E-state index contributed by atoms with van der Waals surface area (Å²) >= 11 is 1.75. The van der Waals surface area contributed by atoms with E-state index in [1.54, 1.807) is 11.3 Å². The summed E-state index contributed by atoms with van der Waals surface area (Å²) in [4.78, 5) is 4.49. The number of thiophene rings is 1. The first-order valence-electron chi connectivity index (χ1n) is 7.35. The van der Waals surface area contributed by atoms with Gasteiger partial charge < -0.3 is 10.1 Å². The molecule has 1 N–H and O–H groups in total. The van der Waals surface area contributed by atoms with Crippen molar-refractivity contribution in [1.82, 2.24) is 10.3 Å². The Balaban J connectivity index is 1.72. The first-order valence-corrected chi connectivity index (χ1v) is 8.23. The van der Waals surface area contributed by atoms with E-state index in [4.69, 9.17) is 4.74 Å². The predicted octanol–water partition coefficient (Wildman–Crippen LogP) is 4.15. The topological polar surface area (TPSA) is 34.1 Å². The Bertz CT molecular complexity index is 524. The van der Waals surface area contributed by atoms with Gasteiger partial charge in [-0.2, -0.15) is 0 Å². The van der Waals surface area contributed by atoms with Crippen molar-refractivity contribution in [3.8, 4) is 0 Å². The molecular weight excluding hydrogens is 268 g/mol.